The number of hydrogen-bond donors (Lipinski definition) is 0. The van der Waals surface area contributed by atoms with Gasteiger partial charge < -0.3 is 7.77 Å². The Bertz CT molecular complexity index is 133. The minimum atomic E-state index is 0.259. The fourth-order valence-corrected chi connectivity index (χ4v) is 3.25. The average molecular weight is 227 g/mol. The first kappa shape index (κ1) is 15.5. The molecule has 89 valence electrons. The fraction of sp³-hybridized carbons (Fsp3) is 1.00. The van der Waals surface area contributed by atoms with Gasteiger partial charge in [-0.15, -0.1) is 0 Å². The molecule has 0 bridgehead atoms. The van der Waals surface area contributed by atoms with Crippen LogP contribution in [0.4, 0.5) is 0 Å². The van der Waals surface area contributed by atoms with E-state index in [1.54, 1.807) is 0 Å². The van der Waals surface area contributed by atoms with Crippen molar-refractivity contribution in [3.8, 4) is 0 Å². The van der Waals surface area contributed by atoms with Crippen LogP contribution >= 0.6 is 0 Å². The highest BCUT2D eigenvalue weighted by atomic mass is 27.1. The lowest BCUT2D eigenvalue weighted by Crippen LogP contribution is -2.52. The predicted molar refractivity (Wildman–Crippen MR) is 70.0 cm³/mol. The van der Waals surface area contributed by atoms with Crippen molar-refractivity contribution in [2.75, 3.05) is 0 Å². The van der Waals surface area contributed by atoms with Gasteiger partial charge in [-0.25, -0.2) is 0 Å². The Hall–Kier alpha value is 0.452. The van der Waals surface area contributed by atoms with Gasteiger partial charge in [-0.2, -0.15) is 0 Å². The van der Waals surface area contributed by atoms with Gasteiger partial charge >= 0.3 is 15.7 Å². The molecule has 0 fully saturated rings. The Morgan fingerprint density at radius 2 is 0.733 bits per heavy atom. The first-order valence-corrected chi connectivity index (χ1v) is 7.20. The summed E-state index contributed by atoms with van der Waals surface area (Å²) in [6, 6.07) is 2.61. The molecular weight excluding hydrogens is 199 g/mol. The lowest BCUT2D eigenvalue weighted by atomic mass is 10.3. The molecule has 0 unspecified atom stereocenters. The second-order valence-corrected chi connectivity index (χ2v) is 6.81. The zero-order valence-electron chi connectivity index (χ0n) is 11.8. The normalized spacial score (nSPS) is 12.9. The molecule has 0 aliphatic carbocycles. The van der Waals surface area contributed by atoms with E-state index in [9.17, 15) is 0 Å². The van der Waals surface area contributed by atoms with Crippen LogP contribution in [0.25, 0.3) is 0 Å². The molecule has 0 aromatic carbocycles. The summed E-state index contributed by atoms with van der Waals surface area (Å²) < 4.78 is 5.25. The third kappa shape index (κ3) is 5.36. The van der Waals surface area contributed by atoms with Crippen molar-refractivity contribution in [1.82, 2.24) is 7.77 Å². The lowest BCUT2D eigenvalue weighted by Gasteiger charge is -2.39. The van der Waals surface area contributed by atoms with Crippen molar-refractivity contribution >= 4 is 15.7 Å². The van der Waals surface area contributed by atoms with E-state index < -0.39 is 0 Å². The van der Waals surface area contributed by atoms with Crippen molar-refractivity contribution in [1.29, 1.82) is 0 Å². The minimum absolute atomic E-state index is 0.259. The predicted octanol–water partition coefficient (Wildman–Crippen LogP) is 2.76. The summed E-state index contributed by atoms with van der Waals surface area (Å²) in [4.78, 5) is 0. The highest BCUT2D eigenvalue weighted by Crippen LogP contribution is 2.09. The minimum Gasteiger partial charge on any atom is -0.373 e. The topological polar surface area (TPSA) is 6.48 Å². The van der Waals surface area contributed by atoms with Gasteiger partial charge in [0, 0.05) is 0 Å². The summed E-state index contributed by atoms with van der Waals surface area (Å²) in [5.74, 6) is 0. The molecule has 15 heavy (non-hydrogen) atoms. The van der Waals surface area contributed by atoms with E-state index >= 15 is 0 Å². The van der Waals surface area contributed by atoms with Crippen LogP contribution in [0.5, 0.6) is 0 Å². The van der Waals surface area contributed by atoms with Gasteiger partial charge in [0.25, 0.3) is 0 Å². The van der Waals surface area contributed by atoms with Crippen LogP contribution in [0, 0.1) is 0 Å². The van der Waals surface area contributed by atoms with E-state index in [4.69, 9.17) is 0 Å². The van der Waals surface area contributed by atoms with Gasteiger partial charge in [0.15, 0.2) is 0 Å². The molecule has 0 heterocycles. The van der Waals surface area contributed by atoms with Crippen LogP contribution in [0.15, 0.2) is 0 Å². The number of hydrogen-bond acceptors (Lipinski definition) is 2. The summed E-state index contributed by atoms with van der Waals surface area (Å²) in [7, 11) is 0. The van der Waals surface area contributed by atoms with Crippen LogP contribution in [0.3, 0.4) is 0 Å². The summed E-state index contributed by atoms with van der Waals surface area (Å²) in [5, 5.41) is 0. The second kappa shape index (κ2) is 6.91. The molecule has 3 heteroatoms. The third-order valence-corrected chi connectivity index (χ3v) is 5.57. The van der Waals surface area contributed by atoms with Gasteiger partial charge in [0.1, 0.15) is 0 Å². The van der Waals surface area contributed by atoms with Crippen molar-refractivity contribution in [3.05, 3.63) is 0 Å². The quantitative estimate of drug-likeness (QED) is 0.644. The molecule has 2 nitrogen and oxygen atoms in total. The fourth-order valence-electron chi connectivity index (χ4n) is 1.88. The number of nitrogens with zero attached hydrogens (tertiary/aromatic N) is 2. The molecule has 0 N–H and O–H groups in total. The van der Waals surface area contributed by atoms with Gasteiger partial charge in [0.2, 0.25) is 0 Å². The van der Waals surface area contributed by atoms with Gasteiger partial charge in [-0.1, -0.05) is 55.4 Å². The molecule has 0 rings (SSSR count). The molecule has 0 aliphatic rings. The first-order chi connectivity index (χ1) is 6.77. The molecule has 0 aromatic rings. The second-order valence-electron chi connectivity index (χ2n) is 5.38. The van der Waals surface area contributed by atoms with Gasteiger partial charge in [0.05, 0.1) is 0 Å². The highest BCUT2D eigenvalue weighted by molar-refractivity contribution is 6.28. The summed E-state index contributed by atoms with van der Waals surface area (Å²) in [6.07, 6.45) is 0. The summed E-state index contributed by atoms with van der Waals surface area (Å²) in [6.45, 7) is 18.4. The maximum absolute atomic E-state index is 2.62. The van der Waals surface area contributed by atoms with Crippen molar-refractivity contribution in [2.45, 2.75) is 79.6 Å². The van der Waals surface area contributed by atoms with Crippen molar-refractivity contribution in [2.24, 2.45) is 0 Å². The monoisotopic (exact) mass is 227 g/mol. The molecule has 0 amide bonds. The van der Waals surface area contributed by atoms with Crippen LogP contribution in [0.1, 0.15) is 55.4 Å². The summed E-state index contributed by atoms with van der Waals surface area (Å²) >= 11 is 0.259. The molecular formula is C12H28AlN2. The highest BCUT2D eigenvalue weighted by Gasteiger charge is 2.23. The molecule has 0 aliphatic heterocycles. The van der Waals surface area contributed by atoms with Crippen molar-refractivity contribution < 1.29 is 0 Å². The number of rotatable bonds is 6. The smallest absolute Gasteiger partial charge is 0.373 e. The van der Waals surface area contributed by atoms with Crippen LogP contribution in [0.2, 0.25) is 0 Å². The largest absolute Gasteiger partial charge is 0.455 e. The standard InChI is InChI=1S/2C6H14N.Al/c2*1-5(2)7-6(3)4;/h2*5-6H,1-4H3;/q2*-1;+2. The van der Waals surface area contributed by atoms with Gasteiger partial charge in [-0.05, 0) is 24.2 Å². The maximum atomic E-state index is 2.62. The van der Waals surface area contributed by atoms with E-state index in [1.807, 2.05) is 0 Å². The molecule has 0 aromatic heterocycles. The van der Waals surface area contributed by atoms with E-state index in [2.05, 4.69) is 63.2 Å². The van der Waals surface area contributed by atoms with E-state index in [0.717, 1.165) is 0 Å². The summed E-state index contributed by atoms with van der Waals surface area (Å²) in [5.41, 5.74) is 0. The average Bonchev–Trinajstić information content (AvgIpc) is 2.01. The van der Waals surface area contributed by atoms with Crippen LogP contribution < -0.4 is 0 Å². The molecule has 0 atom stereocenters. The Kier molecular flexibility index (Phi) is 7.12. The first-order valence-electron chi connectivity index (χ1n) is 6.17. The van der Waals surface area contributed by atoms with E-state index in [-0.39, 0.29) is 15.7 Å². The Balaban J connectivity index is 4.48. The zero-order chi connectivity index (χ0) is 12.2. The third-order valence-electron chi connectivity index (χ3n) is 2.65. The molecule has 1 radical (unpaired) electrons. The molecule has 0 spiro atoms. The zero-order valence-corrected chi connectivity index (χ0v) is 12.9. The molecule has 0 saturated heterocycles. The van der Waals surface area contributed by atoms with Gasteiger partial charge in [-0.3, -0.25) is 0 Å². The van der Waals surface area contributed by atoms with E-state index in [0.29, 0.717) is 24.2 Å². The lowest BCUT2D eigenvalue weighted by molar-refractivity contribution is 0.238. The Labute approximate surface area is 103 Å². The van der Waals surface area contributed by atoms with Crippen LogP contribution in [-0.2, 0) is 0 Å². The maximum Gasteiger partial charge on any atom is 0.455 e. The van der Waals surface area contributed by atoms with Crippen LogP contribution in [-0.4, -0.2) is 47.6 Å². The van der Waals surface area contributed by atoms with E-state index in [1.165, 1.54) is 0 Å². The Morgan fingerprint density at radius 1 is 0.533 bits per heavy atom. The SMILES string of the molecule is CC(C)[N]([Al][N](C(C)C)C(C)C)C(C)C. The van der Waals surface area contributed by atoms with Crippen molar-refractivity contribution in [3.63, 3.8) is 0 Å². The molecule has 0 saturated carbocycles. The Morgan fingerprint density at radius 3 is 0.867 bits per heavy atom.